The second-order valence-corrected chi connectivity index (χ2v) is 12.1. The SMILES string of the molecule is CC1(COc2c(N3CCN(S(=O)(=O)NCc4ccnc(N)c4)CC3)cnn(-c3cccc(Cl)c3)c2=O)CC1. The smallest absolute Gasteiger partial charge is 0.316 e. The summed E-state index contributed by atoms with van der Waals surface area (Å²) in [6, 6.07) is 10.2. The normalized spacial score (nSPS) is 17.4. The van der Waals surface area contributed by atoms with Gasteiger partial charge in [-0.2, -0.15) is 27.2 Å². The number of aromatic nitrogens is 3. The lowest BCUT2D eigenvalue weighted by atomic mass is 10.2. The van der Waals surface area contributed by atoms with E-state index in [0.717, 1.165) is 18.4 Å². The highest BCUT2D eigenvalue weighted by atomic mass is 35.5. The van der Waals surface area contributed by atoms with Gasteiger partial charge in [0.25, 0.3) is 10.2 Å². The first-order valence-electron chi connectivity index (χ1n) is 12.3. The Morgan fingerprint density at radius 3 is 2.61 bits per heavy atom. The summed E-state index contributed by atoms with van der Waals surface area (Å²) in [5, 5.41) is 4.88. The fraction of sp³-hybridized carbons (Fsp3) is 0.400. The van der Waals surface area contributed by atoms with E-state index in [-0.39, 0.29) is 36.4 Å². The summed E-state index contributed by atoms with van der Waals surface area (Å²) >= 11 is 6.13. The molecule has 0 radical (unpaired) electrons. The van der Waals surface area contributed by atoms with Crippen LogP contribution in [0.2, 0.25) is 5.02 Å². The van der Waals surface area contributed by atoms with Gasteiger partial charge in [-0.25, -0.2) is 4.98 Å². The number of pyridine rings is 1. The first-order chi connectivity index (χ1) is 18.1. The van der Waals surface area contributed by atoms with Crippen LogP contribution in [0.3, 0.4) is 0 Å². The van der Waals surface area contributed by atoms with E-state index in [1.165, 1.54) is 15.2 Å². The third kappa shape index (κ3) is 5.93. The number of ether oxygens (including phenoxy) is 1. The molecule has 1 aliphatic carbocycles. The molecule has 5 rings (SSSR count). The monoisotopic (exact) mass is 559 g/mol. The minimum Gasteiger partial charge on any atom is -0.486 e. The fourth-order valence-electron chi connectivity index (χ4n) is 4.23. The predicted octanol–water partition coefficient (Wildman–Crippen LogP) is 2.20. The summed E-state index contributed by atoms with van der Waals surface area (Å²) in [6.07, 6.45) is 5.23. The second kappa shape index (κ2) is 10.5. The summed E-state index contributed by atoms with van der Waals surface area (Å²) < 4.78 is 37.2. The zero-order valence-electron chi connectivity index (χ0n) is 21.0. The van der Waals surface area contributed by atoms with E-state index in [0.29, 0.717) is 41.9 Å². The number of nitrogens with zero attached hydrogens (tertiary/aromatic N) is 5. The third-order valence-electron chi connectivity index (χ3n) is 6.86. The molecule has 3 heterocycles. The molecule has 202 valence electrons. The van der Waals surface area contributed by atoms with Gasteiger partial charge in [0.2, 0.25) is 5.75 Å². The van der Waals surface area contributed by atoms with E-state index < -0.39 is 10.2 Å². The summed E-state index contributed by atoms with van der Waals surface area (Å²) in [5.74, 6) is 0.535. The molecule has 0 atom stereocenters. The number of nitrogens with two attached hydrogens (primary N) is 1. The van der Waals surface area contributed by atoms with Gasteiger partial charge in [-0.15, -0.1) is 0 Å². The van der Waals surface area contributed by atoms with Crippen LogP contribution in [0.1, 0.15) is 25.3 Å². The molecule has 1 aliphatic heterocycles. The van der Waals surface area contributed by atoms with E-state index >= 15 is 0 Å². The van der Waals surface area contributed by atoms with Crippen molar-refractivity contribution in [2.45, 2.75) is 26.3 Å². The predicted molar refractivity (Wildman–Crippen MR) is 146 cm³/mol. The number of piperazine rings is 1. The minimum absolute atomic E-state index is 0.0613. The lowest BCUT2D eigenvalue weighted by molar-refractivity contribution is 0.242. The Kier molecular flexibility index (Phi) is 7.32. The van der Waals surface area contributed by atoms with Crippen LogP contribution in [0.5, 0.6) is 5.75 Å². The van der Waals surface area contributed by atoms with Crippen molar-refractivity contribution in [1.29, 1.82) is 0 Å². The van der Waals surface area contributed by atoms with Gasteiger partial charge in [-0.05, 0) is 48.7 Å². The summed E-state index contributed by atoms with van der Waals surface area (Å²) in [5.41, 5.74) is 7.16. The summed E-state index contributed by atoms with van der Waals surface area (Å²) in [6.45, 7) is 3.88. The van der Waals surface area contributed by atoms with Gasteiger partial charge in [-0.3, -0.25) is 4.79 Å². The third-order valence-corrected chi connectivity index (χ3v) is 8.65. The molecule has 0 amide bonds. The molecule has 0 spiro atoms. The number of halogens is 1. The van der Waals surface area contributed by atoms with E-state index in [1.807, 2.05) is 4.90 Å². The van der Waals surface area contributed by atoms with Crippen molar-refractivity contribution >= 4 is 33.3 Å². The van der Waals surface area contributed by atoms with Gasteiger partial charge < -0.3 is 15.4 Å². The van der Waals surface area contributed by atoms with E-state index in [9.17, 15) is 13.2 Å². The lowest BCUT2D eigenvalue weighted by Crippen LogP contribution is -2.52. The molecule has 2 fully saturated rings. The molecule has 3 N–H and O–H groups in total. The number of nitrogens with one attached hydrogen (secondary N) is 1. The molecular formula is C25H30ClN7O4S. The van der Waals surface area contributed by atoms with Crippen LogP contribution in [0.4, 0.5) is 11.5 Å². The Morgan fingerprint density at radius 1 is 1.16 bits per heavy atom. The highest BCUT2D eigenvalue weighted by Crippen LogP contribution is 2.45. The number of rotatable bonds is 9. The zero-order chi connectivity index (χ0) is 26.9. The maximum absolute atomic E-state index is 13.5. The van der Waals surface area contributed by atoms with Crippen LogP contribution in [0, 0.1) is 5.41 Å². The second-order valence-electron chi connectivity index (χ2n) is 9.96. The fourth-order valence-corrected chi connectivity index (χ4v) is 5.59. The van der Waals surface area contributed by atoms with Crippen LogP contribution in [-0.2, 0) is 16.8 Å². The molecule has 1 aromatic carbocycles. The van der Waals surface area contributed by atoms with Crippen molar-refractivity contribution < 1.29 is 13.2 Å². The standard InChI is InChI=1S/C25H30ClN7O4S/c1-25(6-7-25)17-37-23-21(16-29-33(24(23)34)20-4-2-3-19(26)14-20)31-9-11-32(12-10-31)38(35,36)30-15-18-5-8-28-22(27)13-18/h2-5,8,13-14,16,30H,6-7,9-12,15,17H2,1H3,(H2,27,28). The van der Waals surface area contributed by atoms with Crippen molar-refractivity contribution in [2.75, 3.05) is 43.4 Å². The maximum atomic E-state index is 13.5. The molecule has 1 saturated carbocycles. The molecule has 11 nitrogen and oxygen atoms in total. The molecule has 0 unspecified atom stereocenters. The first kappa shape index (κ1) is 26.4. The van der Waals surface area contributed by atoms with Crippen molar-refractivity contribution in [1.82, 2.24) is 23.8 Å². The summed E-state index contributed by atoms with van der Waals surface area (Å²) in [4.78, 5) is 19.4. The van der Waals surface area contributed by atoms with Crippen molar-refractivity contribution in [3.8, 4) is 11.4 Å². The Bertz CT molecular complexity index is 1490. The van der Waals surface area contributed by atoms with Gasteiger partial charge in [0.1, 0.15) is 11.5 Å². The molecule has 1 saturated heterocycles. The van der Waals surface area contributed by atoms with Crippen LogP contribution in [-0.4, -0.2) is 60.3 Å². The van der Waals surface area contributed by atoms with Gasteiger partial charge in [0, 0.05) is 49.4 Å². The average Bonchev–Trinajstić information content (AvgIpc) is 3.64. The van der Waals surface area contributed by atoms with E-state index in [1.54, 1.807) is 42.6 Å². The van der Waals surface area contributed by atoms with Gasteiger partial charge in [0.15, 0.2) is 0 Å². The molecule has 2 aromatic heterocycles. The molecule has 13 heteroatoms. The van der Waals surface area contributed by atoms with Crippen LogP contribution < -0.4 is 25.7 Å². The quantitative estimate of drug-likeness (QED) is 0.407. The number of anilines is 2. The van der Waals surface area contributed by atoms with Gasteiger partial charge in [-0.1, -0.05) is 24.6 Å². The molecule has 3 aromatic rings. The number of hydrogen-bond acceptors (Lipinski definition) is 8. The molecule has 2 aliphatic rings. The Balaban J connectivity index is 1.32. The van der Waals surface area contributed by atoms with Crippen molar-refractivity contribution in [2.24, 2.45) is 5.41 Å². The number of benzene rings is 1. The van der Waals surface area contributed by atoms with E-state index in [2.05, 4.69) is 21.7 Å². The summed E-state index contributed by atoms with van der Waals surface area (Å²) in [7, 11) is -3.72. The lowest BCUT2D eigenvalue weighted by Gasteiger charge is -2.35. The minimum atomic E-state index is -3.72. The molecular weight excluding hydrogens is 530 g/mol. The van der Waals surface area contributed by atoms with Crippen LogP contribution >= 0.6 is 11.6 Å². The first-order valence-corrected chi connectivity index (χ1v) is 14.2. The Hall–Kier alpha value is -3.19. The highest BCUT2D eigenvalue weighted by molar-refractivity contribution is 7.87. The van der Waals surface area contributed by atoms with Crippen molar-refractivity contribution in [3.05, 3.63) is 69.7 Å². The van der Waals surface area contributed by atoms with Gasteiger partial charge >= 0.3 is 5.56 Å². The zero-order valence-corrected chi connectivity index (χ0v) is 22.6. The van der Waals surface area contributed by atoms with Crippen LogP contribution in [0.15, 0.2) is 53.6 Å². The topological polar surface area (TPSA) is 136 Å². The maximum Gasteiger partial charge on any atom is 0.316 e. The molecule has 0 bridgehead atoms. The molecule has 38 heavy (non-hydrogen) atoms. The van der Waals surface area contributed by atoms with Crippen LogP contribution in [0.25, 0.3) is 5.69 Å². The Morgan fingerprint density at radius 2 is 1.92 bits per heavy atom. The van der Waals surface area contributed by atoms with Crippen molar-refractivity contribution in [3.63, 3.8) is 0 Å². The van der Waals surface area contributed by atoms with E-state index in [4.69, 9.17) is 22.1 Å². The Labute approximate surface area is 226 Å². The number of nitrogen functional groups attached to an aromatic ring is 1. The average molecular weight is 560 g/mol. The number of hydrogen-bond donors (Lipinski definition) is 2. The largest absolute Gasteiger partial charge is 0.486 e. The highest BCUT2D eigenvalue weighted by Gasteiger charge is 2.39. The van der Waals surface area contributed by atoms with Gasteiger partial charge in [0.05, 0.1) is 18.5 Å².